The molecule has 0 aliphatic carbocycles. The molecular weight excluding hydrogens is 222 g/mol. The van der Waals surface area contributed by atoms with Crippen molar-refractivity contribution in [3.8, 4) is 0 Å². The zero-order chi connectivity index (χ0) is 14.9. The van der Waals surface area contributed by atoms with Crippen LogP contribution in [0.5, 0.6) is 0 Å². The summed E-state index contributed by atoms with van der Waals surface area (Å²) < 4.78 is 0. The highest BCUT2D eigenvalue weighted by Crippen LogP contribution is 2.36. The molecule has 0 aromatic heterocycles. The third-order valence-corrected chi connectivity index (χ3v) is 4.08. The molecule has 1 atom stereocenters. The minimum absolute atomic E-state index is 0.00197. The third kappa shape index (κ3) is 4.08. The molecule has 0 N–H and O–H groups in total. The van der Waals surface area contributed by atoms with E-state index in [0.717, 1.165) is 6.42 Å². The highest BCUT2D eigenvalue weighted by Gasteiger charge is 2.44. The molecule has 0 aliphatic heterocycles. The number of carbonyl (C=O) groups excluding carboxylic acids is 1. The van der Waals surface area contributed by atoms with Gasteiger partial charge in [-0.25, -0.2) is 0 Å². The minimum atomic E-state index is -0.295. The lowest BCUT2D eigenvalue weighted by Gasteiger charge is -2.47. The van der Waals surface area contributed by atoms with E-state index in [2.05, 4.69) is 53.5 Å². The van der Waals surface area contributed by atoms with Crippen molar-refractivity contribution in [2.24, 2.45) is 10.8 Å². The van der Waals surface area contributed by atoms with E-state index in [1.807, 2.05) is 20.8 Å². The fourth-order valence-electron chi connectivity index (χ4n) is 2.05. The number of rotatable bonds is 4. The summed E-state index contributed by atoms with van der Waals surface area (Å²) in [7, 11) is 2.08. The van der Waals surface area contributed by atoms with E-state index in [1.54, 1.807) is 0 Å². The number of ketones is 1. The lowest BCUT2D eigenvalue weighted by Crippen LogP contribution is -2.57. The molecule has 2 heteroatoms. The zero-order valence-electron chi connectivity index (χ0n) is 14.1. The van der Waals surface area contributed by atoms with Gasteiger partial charge in [-0.15, -0.1) is 0 Å². The van der Waals surface area contributed by atoms with Gasteiger partial charge in [-0.3, -0.25) is 9.69 Å². The van der Waals surface area contributed by atoms with Crippen LogP contribution in [0.2, 0.25) is 0 Å². The van der Waals surface area contributed by atoms with Crippen molar-refractivity contribution in [2.45, 2.75) is 80.3 Å². The molecule has 0 saturated heterocycles. The smallest absolute Gasteiger partial charge is 0.155 e. The summed E-state index contributed by atoms with van der Waals surface area (Å²) in [4.78, 5) is 15.1. The van der Waals surface area contributed by atoms with Crippen LogP contribution in [-0.4, -0.2) is 29.3 Å². The maximum atomic E-state index is 12.8. The predicted molar refractivity (Wildman–Crippen MR) is 79.8 cm³/mol. The summed E-state index contributed by atoms with van der Waals surface area (Å²) in [5, 5.41) is 0. The Labute approximate surface area is 114 Å². The van der Waals surface area contributed by atoms with Crippen LogP contribution < -0.4 is 0 Å². The molecule has 0 spiro atoms. The van der Waals surface area contributed by atoms with Gasteiger partial charge in [0.1, 0.15) is 0 Å². The second-order valence-corrected chi connectivity index (χ2v) is 8.14. The Hall–Kier alpha value is -0.370. The van der Waals surface area contributed by atoms with E-state index in [9.17, 15) is 4.79 Å². The topological polar surface area (TPSA) is 20.3 Å². The molecule has 18 heavy (non-hydrogen) atoms. The average molecular weight is 255 g/mol. The fourth-order valence-corrected chi connectivity index (χ4v) is 2.05. The first kappa shape index (κ1) is 17.6. The molecule has 0 bridgehead atoms. The third-order valence-electron chi connectivity index (χ3n) is 4.08. The van der Waals surface area contributed by atoms with Crippen molar-refractivity contribution in [3.05, 3.63) is 0 Å². The van der Waals surface area contributed by atoms with Crippen molar-refractivity contribution in [2.75, 3.05) is 7.05 Å². The van der Waals surface area contributed by atoms with E-state index in [4.69, 9.17) is 0 Å². The van der Waals surface area contributed by atoms with E-state index < -0.39 is 0 Å². The van der Waals surface area contributed by atoms with Crippen molar-refractivity contribution >= 4 is 5.78 Å². The van der Waals surface area contributed by atoms with Crippen LogP contribution in [0.15, 0.2) is 0 Å². The molecule has 0 saturated carbocycles. The Kier molecular flexibility index (Phi) is 5.21. The number of Topliss-reactive ketones (excluding diaryl/α,β-unsaturated/α-hetero) is 1. The van der Waals surface area contributed by atoms with Gasteiger partial charge in [0.25, 0.3) is 0 Å². The molecule has 0 fully saturated rings. The number of hydrogen-bond acceptors (Lipinski definition) is 2. The molecule has 0 amide bonds. The van der Waals surface area contributed by atoms with Gasteiger partial charge in [0.15, 0.2) is 5.78 Å². The highest BCUT2D eigenvalue weighted by molar-refractivity contribution is 5.89. The summed E-state index contributed by atoms with van der Waals surface area (Å²) in [6.07, 6.45) is 1.000. The van der Waals surface area contributed by atoms with Crippen LogP contribution in [0.25, 0.3) is 0 Å². The van der Waals surface area contributed by atoms with Gasteiger partial charge < -0.3 is 0 Å². The summed E-state index contributed by atoms with van der Waals surface area (Å²) in [5.74, 6) is 0.340. The Morgan fingerprint density at radius 3 is 1.61 bits per heavy atom. The molecule has 0 aliphatic rings. The SMILES string of the molecule is CCC(C)(C)C(C(=O)C(C)(C)C)N(C)C(C)(C)C. The van der Waals surface area contributed by atoms with Crippen LogP contribution in [0, 0.1) is 10.8 Å². The van der Waals surface area contributed by atoms with Gasteiger partial charge in [-0.2, -0.15) is 0 Å². The maximum absolute atomic E-state index is 12.8. The molecule has 108 valence electrons. The van der Waals surface area contributed by atoms with Gasteiger partial charge in [0, 0.05) is 11.0 Å². The highest BCUT2D eigenvalue weighted by atomic mass is 16.1. The number of likely N-dealkylation sites (N-methyl/N-ethyl adjacent to an activating group) is 1. The number of carbonyl (C=O) groups is 1. The van der Waals surface area contributed by atoms with E-state index in [0.29, 0.717) is 5.78 Å². The fraction of sp³-hybridized carbons (Fsp3) is 0.938. The van der Waals surface area contributed by atoms with Gasteiger partial charge in [0.2, 0.25) is 0 Å². The lowest BCUT2D eigenvalue weighted by atomic mass is 9.71. The minimum Gasteiger partial charge on any atom is -0.297 e. The van der Waals surface area contributed by atoms with Crippen molar-refractivity contribution in [1.82, 2.24) is 4.90 Å². The summed E-state index contributed by atoms with van der Waals surface area (Å²) >= 11 is 0. The Bertz CT molecular complexity index is 291. The summed E-state index contributed by atoms with van der Waals surface area (Å²) in [5.41, 5.74) is -0.305. The van der Waals surface area contributed by atoms with Crippen LogP contribution >= 0.6 is 0 Å². The van der Waals surface area contributed by atoms with Crippen LogP contribution in [0.3, 0.4) is 0 Å². The van der Waals surface area contributed by atoms with Crippen LogP contribution in [-0.2, 0) is 4.79 Å². The molecule has 0 radical (unpaired) electrons. The number of nitrogens with zero attached hydrogens (tertiary/aromatic N) is 1. The second kappa shape index (κ2) is 5.32. The monoisotopic (exact) mass is 255 g/mol. The van der Waals surface area contributed by atoms with Crippen LogP contribution in [0.1, 0.15) is 68.7 Å². The molecule has 0 rings (SSSR count). The normalized spacial score (nSPS) is 15.9. The quantitative estimate of drug-likeness (QED) is 0.752. The van der Waals surface area contributed by atoms with E-state index in [1.165, 1.54) is 0 Å². The van der Waals surface area contributed by atoms with Crippen LogP contribution in [0.4, 0.5) is 0 Å². The average Bonchev–Trinajstić information content (AvgIpc) is 2.14. The second-order valence-electron chi connectivity index (χ2n) is 8.14. The van der Waals surface area contributed by atoms with E-state index in [-0.39, 0.29) is 22.4 Å². The molecule has 0 aromatic carbocycles. The van der Waals surface area contributed by atoms with Gasteiger partial charge >= 0.3 is 0 Å². The first-order valence-electron chi connectivity index (χ1n) is 7.02. The first-order valence-corrected chi connectivity index (χ1v) is 7.02. The summed E-state index contributed by atoms with van der Waals surface area (Å²) in [6, 6.07) is -0.0394. The predicted octanol–water partition coefficient (Wildman–Crippen LogP) is 4.14. The molecular formula is C16H33NO. The largest absolute Gasteiger partial charge is 0.297 e. The first-order chi connectivity index (χ1) is 7.75. The molecule has 2 nitrogen and oxygen atoms in total. The molecule has 0 aromatic rings. The van der Waals surface area contributed by atoms with Gasteiger partial charge in [-0.05, 0) is 39.7 Å². The Morgan fingerprint density at radius 2 is 1.39 bits per heavy atom. The van der Waals surface area contributed by atoms with Gasteiger partial charge in [0.05, 0.1) is 6.04 Å². The Balaban J connectivity index is 5.55. The standard InChI is InChI=1S/C16H33NO/c1-11-16(8,9)12(13(18)14(2,3)4)17(10)15(5,6)7/h12H,11H2,1-10H3. The van der Waals surface area contributed by atoms with Crippen molar-refractivity contribution < 1.29 is 4.79 Å². The zero-order valence-corrected chi connectivity index (χ0v) is 14.1. The summed E-state index contributed by atoms with van der Waals surface area (Å²) in [6.45, 7) is 19.1. The maximum Gasteiger partial charge on any atom is 0.155 e. The molecule has 1 unspecified atom stereocenters. The lowest BCUT2D eigenvalue weighted by molar-refractivity contribution is -0.138. The van der Waals surface area contributed by atoms with Crippen molar-refractivity contribution in [1.29, 1.82) is 0 Å². The van der Waals surface area contributed by atoms with Crippen molar-refractivity contribution in [3.63, 3.8) is 0 Å². The number of hydrogen-bond donors (Lipinski definition) is 0. The van der Waals surface area contributed by atoms with Gasteiger partial charge in [-0.1, -0.05) is 41.5 Å². The van der Waals surface area contributed by atoms with E-state index >= 15 is 0 Å². The molecule has 0 heterocycles. The Morgan fingerprint density at radius 1 is 1.00 bits per heavy atom.